The molecule has 0 spiro atoms. The van der Waals surface area contributed by atoms with E-state index in [-0.39, 0.29) is 0 Å². The van der Waals surface area contributed by atoms with Gasteiger partial charge in [-0.3, -0.25) is 4.79 Å². The summed E-state index contributed by atoms with van der Waals surface area (Å²) >= 11 is 7.29. The van der Waals surface area contributed by atoms with Crippen LogP contribution in [0.1, 0.15) is 10.4 Å². The first kappa shape index (κ1) is 9.61. The molecule has 0 amide bonds. The minimum atomic E-state index is 0.759. The van der Waals surface area contributed by atoms with Crippen molar-refractivity contribution in [1.29, 1.82) is 0 Å². The van der Waals surface area contributed by atoms with Gasteiger partial charge in [-0.25, -0.2) is 0 Å². The molecule has 0 fully saturated rings. The molecule has 0 aliphatic heterocycles. The number of carbonyl (C=O) groups is 1. The van der Waals surface area contributed by atoms with Crippen LogP contribution in [0.3, 0.4) is 0 Å². The average molecular weight is 367 g/mol. The van der Waals surface area contributed by atoms with Crippen LogP contribution in [-0.2, 0) is 0 Å². The molecule has 0 saturated carbocycles. The van der Waals surface area contributed by atoms with Gasteiger partial charge in [0.15, 0.2) is 6.29 Å². The third kappa shape index (κ3) is 1.67. The molecule has 2 rings (SSSR count). The number of thiophene rings is 1. The molecule has 0 aliphatic rings. The Balaban J connectivity index is 2.92. The number of benzene rings is 1. The van der Waals surface area contributed by atoms with Crippen LogP contribution in [0.2, 0.25) is 0 Å². The molecule has 13 heavy (non-hydrogen) atoms. The molecule has 4 heteroatoms. The third-order valence-corrected chi connectivity index (χ3v) is 4.41. The van der Waals surface area contributed by atoms with E-state index in [2.05, 4.69) is 43.9 Å². The van der Waals surface area contributed by atoms with Crippen molar-refractivity contribution in [3.8, 4) is 0 Å². The molecule has 1 aromatic heterocycles. The van der Waals surface area contributed by atoms with Crippen molar-refractivity contribution in [1.82, 2.24) is 0 Å². The van der Waals surface area contributed by atoms with Crippen LogP contribution in [0.4, 0.5) is 0 Å². The van der Waals surface area contributed by atoms with Gasteiger partial charge in [0.1, 0.15) is 0 Å². The smallest absolute Gasteiger partial charge is 0.150 e. The summed E-state index contributed by atoms with van der Waals surface area (Å²) in [6.45, 7) is 0. The maximum Gasteiger partial charge on any atom is 0.150 e. The zero-order valence-electron chi connectivity index (χ0n) is 6.38. The zero-order valence-corrected chi connectivity index (χ0v) is 10.9. The number of rotatable bonds is 1. The highest BCUT2D eigenvalue weighted by Gasteiger charge is 2.07. The summed E-state index contributed by atoms with van der Waals surface area (Å²) in [4.78, 5) is 10.8. The number of fused-ring (bicyclic) bond motifs is 1. The number of halogens is 2. The zero-order chi connectivity index (χ0) is 9.42. The van der Waals surface area contributed by atoms with Crippen molar-refractivity contribution in [2.75, 3.05) is 0 Å². The van der Waals surface area contributed by atoms with Gasteiger partial charge in [0.05, 0.1) is 0 Å². The Morgan fingerprint density at radius 3 is 2.92 bits per heavy atom. The lowest BCUT2D eigenvalue weighted by Gasteiger charge is -1.97. The van der Waals surface area contributed by atoms with Gasteiger partial charge in [0.25, 0.3) is 0 Å². The minimum absolute atomic E-state index is 0.759. The Morgan fingerprint density at radius 2 is 2.23 bits per heavy atom. The molecule has 1 aromatic carbocycles. The van der Waals surface area contributed by atoms with E-state index in [0.29, 0.717) is 0 Å². The summed E-state index contributed by atoms with van der Waals surface area (Å²) in [6.07, 6.45) is 0.905. The predicted octanol–water partition coefficient (Wildman–Crippen LogP) is 4.08. The minimum Gasteiger partial charge on any atom is -0.298 e. The van der Waals surface area contributed by atoms with Gasteiger partial charge in [0, 0.05) is 29.1 Å². The fourth-order valence-electron chi connectivity index (χ4n) is 1.22. The lowest BCUT2D eigenvalue weighted by atomic mass is 10.1. The largest absolute Gasteiger partial charge is 0.298 e. The first-order valence-corrected chi connectivity index (χ1v) is 6.29. The van der Waals surface area contributed by atoms with Gasteiger partial charge in [0.2, 0.25) is 0 Å². The van der Waals surface area contributed by atoms with E-state index in [1.54, 1.807) is 11.3 Å². The van der Waals surface area contributed by atoms with Crippen molar-refractivity contribution in [2.45, 2.75) is 0 Å². The first-order valence-electron chi connectivity index (χ1n) is 3.54. The summed E-state index contributed by atoms with van der Waals surface area (Å²) in [5.74, 6) is 0. The Labute approximate surface area is 101 Å². The molecule has 1 heterocycles. The van der Waals surface area contributed by atoms with Gasteiger partial charge < -0.3 is 0 Å². The maximum absolute atomic E-state index is 10.8. The highest BCUT2D eigenvalue weighted by Crippen LogP contribution is 2.32. The normalized spacial score (nSPS) is 10.6. The van der Waals surface area contributed by atoms with E-state index in [1.807, 2.05) is 12.1 Å². The van der Waals surface area contributed by atoms with Crippen LogP contribution < -0.4 is 0 Å². The van der Waals surface area contributed by atoms with Crippen molar-refractivity contribution >= 4 is 66.2 Å². The molecule has 0 radical (unpaired) electrons. The standard InChI is InChI=1S/C9H4BrIOS/c10-6-1-5(3-12)9-7(11)4-13-8(9)2-6/h1-4H. The Hall–Kier alpha value is 0.0600. The van der Waals surface area contributed by atoms with Crippen LogP contribution in [0, 0.1) is 3.57 Å². The van der Waals surface area contributed by atoms with Crippen LogP contribution in [0.25, 0.3) is 10.1 Å². The summed E-state index contributed by atoms with van der Waals surface area (Å²) < 4.78 is 3.26. The van der Waals surface area contributed by atoms with E-state index >= 15 is 0 Å². The molecule has 66 valence electrons. The number of aldehydes is 1. The number of hydrogen-bond acceptors (Lipinski definition) is 2. The van der Waals surface area contributed by atoms with E-state index in [4.69, 9.17) is 0 Å². The molecule has 0 unspecified atom stereocenters. The second-order valence-electron chi connectivity index (χ2n) is 2.57. The van der Waals surface area contributed by atoms with Crippen LogP contribution >= 0.6 is 49.9 Å². The highest BCUT2D eigenvalue weighted by molar-refractivity contribution is 14.1. The molecule has 0 saturated heterocycles. The quantitative estimate of drug-likeness (QED) is 0.549. The maximum atomic E-state index is 10.8. The number of carbonyl (C=O) groups excluding carboxylic acids is 1. The summed E-state index contributed by atoms with van der Waals surface area (Å²) in [5, 5.41) is 3.13. The Morgan fingerprint density at radius 1 is 1.46 bits per heavy atom. The van der Waals surface area contributed by atoms with Crippen LogP contribution in [0.5, 0.6) is 0 Å². The molecule has 2 aromatic rings. The first-order chi connectivity index (χ1) is 6.22. The van der Waals surface area contributed by atoms with E-state index in [9.17, 15) is 4.79 Å². The fourth-order valence-corrected chi connectivity index (χ4v) is 3.90. The van der Waals surface area contributed by atoms with Gasteiger partial charge in [-0.05, 0) is 34.7 Å². The molecule has 0 aliphatic carbocycles. The van der Waals surface area contributed by atoms with Crippen molar-refractivity contribution < 1.29 is 4.79 Å². The fraction of sp³-hybridized carbons (Fsp3) is 0. The molecule has 1 nitrogen and oxygen atoms in total. The van der Waals surface area contributed by atoms with Crippen molar-refractivity contribution in [2.24, 2.45) is 0 Å². The molecule has 0 atom stereocenters. The van der Waals surface area contributed by atoms with Crippen molar-refractivity contribution in [3.05, 3.63) is 31.1 Å². The predicted molar refractivity (Wildman–Crippen MR) is 67.6 cm³/mol. The van der Waals surface area contributed by atoms with Crippen molar-refractivity contribution in [3.63, 3.8) is 0 Å². The van der Waals surface area contributed by atoms with E-state index < -0.39 is 0 Å². The topological polar surface area (TPSA) is 17.1 Å². The van der Waals surface area contributed by atoms with E-state index in [1.165, 1.54) is 0 Å². The summed E-state index contributed by atoms with van der Waals surface area (Å²) in [6, 6.07) is 3.89. The molecule has 0 bridgehead atoms. The Kier molecular flexibility index (Phi) is 2.71. The van der Waals surface area contributed by atoms with Crippen LogP contribution in [0.15, 0.2) is 22.0 Å². The molecular weight excluding hydrogens is 363 g/mol. The second-order valence-corrected chi connectivity index (χ2v) is 5.56. The molecular formula is C9H4BrIOS. The van der Waals surface area contributed by atoms with Gasteiger partial charge in [-0.1, -0.05) is 15.9 Å². The molecule has 0 N–H and O–H groups in total. The average Bonchev–Trinajstić information content (AvgIpc) is 2.46. The van der Waals surface area contributed by atoms with Crippen LogP contribution in [-0.4, -0.2) is 6.29 Å². The monoisotopic (exact) mass is 366 g/mol. The third-order valence-electron chi connectivity index (χ3n) is 1.75. The second kappa shape index (κ2) is 3.67. The van der Waals surface area contributed by atoms with Gasteiger partial charge in [-0.2, -0.15) is 0 Å². The van der Waals surface area contributed by atoms with Gasteiger partial charge in [-0.15, -0.1) is 11.3 Å². The number of hydrogen-bond donors (Lipinski definition) is 0. The SMILES string of the molecule is O=Cc1cc(Br)cc2scc(I)c12. The Bertz CT molecular complexity index is 478. The summed E-state index contributed by atoms with van der Waals surface area (Å²) in [7, 11) is 0. The van der Waals surface area contributed by atoms with E-state index in [0.717, 1.165) is 30.0 Å². The van der Waals surface area contributed by atoms with Gasteiger partial charge >= 0.3 is 0 Å². The lowest BCUT2D eigenvalue weighted by Crippen LogP contribution is -1.82. The lowest BCUT2D eigenvalue weighted by molar-refractivity contribution is 0.112. The highest BCUT2D eigenvalue weighted by atomic mass is 127. The summed E-state index contributed by atoms with van der Waals surface area (Å²) in [5.41, 5.74) is 0.759.